The molecule has 0 aliphatic carbocycles. The molecule has 2 rings (SSSR count). The minimum Gasteiger partial charge on any atom is -0.443 e. The summed E-state index contributed by atoms with van der Waals surface area (Å²) in [4.78, 5) is 13.9. The van der Waals surface area contributed by atoms with Crippen LogP contribution in [0.3, 0.4) is 0 Å². The lowest BCUT2D eigenvalue weighted by molar-refractivity contribution is 0.0332. The third kappa shape index (κ3) is 4.22. The van der Waals surface area contributed by atoms with Gasteiger partial charge in [-0.05, 0) is 50.9 Å². The Morgan fingerprint density at radius 3 is 2.64 bits per heavy atom. The number of rotatable bonds is 2. The van der Waals surface area contributed by atoms with E-state index in [9.17, 15) is 14.8 Å². The van der Waals surface area contributed by atoms with Crippen LogP contribution in [-0.2, 0) is 4.74 Å². The number of hydrogen-bond donors (Lipinski definition) is 3. The van der Waals surface area contributed by atoms with Crippen molar-refractivity contribution < 1.29 is 19.6 Å². The van der Waals surface area contributed by atoms with Crippen LogP contribution in [0.1, 0.15) is 27.2 Å². The molecule has 1 amide bonds. The molecular formula is C15H23BN2O4. The Balaban J connectivity index is 2.28. The highest BCUT2D eigenvalue weighted by Crippen LogP contribution is 2.25. The second kappa shape index (κ2) is 6.68. The molecule has 0 saturated carbocycles. The minimum atomic E-state index is -1.55. The van der Waals surface area contributed by atoms with E-state index in [1.807, 2.05) is 20.8 Å². The van der Waals surface area contributed by atoms with Gasteiger partial charge in [0.1, 0.15) is 5.60 Å². The number of carbonyl (C=O) groups is 1. The molecule has 0 atom stereocenters. The Labute approximate surface area is 131 Å². The molecular weight excluding hydrogens is 283 g/mol. The lowest BCUT2D eigenvalue weighted by Gasteiger charge is -2.32. The molecule has 0 saturated heterocycles. The quantitative estimate of drug-likeness (QED) is 0.663. The maximum Gasteiger partial charge on any atom is 0.488 e. The van der Waals surface area contributed by atoms with E-state index in [-0.39, 0.29) is 6.54 Å². The second-order valence-corrected chi connectivity index (χ2v) is 6.39. The maximum atomic E-state index is 12.4. The standard InChI is InChI=1S/C15H23BN2O4/c1-15(2,3)22-14(19)18-8-6-12(16(20)21)9-13(18)11-5-4-7-17-10-11/h5-6,9,17,20-21H,4,7-8,10H2,1-3H3. The van der Waals surface area contributed by atoms with Gasteiger partial charge in [0.2, 0.25) is 0 Å². The third-order valence-electron chi connectivity index (χ3n) is 3.37. The van der Waals surface area contributed by atoms with Gasteiger partial charge in [-0.2, -0.15) is 0 Å². The first-order valence-corrected chi connectivity index (χ1v) is 7.46. The van der Waals surface area contributed by atoms with Gasteiger partial charge < -0.3 is 20.1 Å². The number of carbonyl (C=O) groups excluding carboxylic acids is 1. The fourth-order valence-electron chi connectivity index (χ4n) is 2.36. The number of nitrogens with one attached hydrogen (secondary N) is 1. The van der Waals surface area contributed by atoms with Gasteiger partial charge >= 0.3 is 13.2 Å². The van der Waals surface area contributed by atoms with Gasteiger partial charge in [-0.1, -0.05) is 12.2 Å². The number of ether oxygens (including phenoxy) is 1. The molecule has 2 heterocycles. The van der Waals surface area contributed by atoms with Crippen LogP contribution in [-0.4, -0.2) is 53.4 Å². The first-order chi connectivity index (χ1) is 10.3. The summed E-state index contributed by atoms with van der Waals surface area (Å²) in [5, 5.41) is 22.0. The van der Waals surface area contributed by atoms with E-state index in [0.717, 1.165) is 18.5 Å². The fourth-order valence-corrected chi connectivity index (χ4v) is 2.36. The summed E-state index contributed by atoms with van der Waals surface area (Å²) in [6, 6.07) is 0. The van der Waals surface area contributed by atoms with E-state index in [0.29, 0.717) is 17.7 Å². The van der Waals surface area contributed by atoms with Crippen LogP contribution in [0.4, 0.5) is 4.79 Å². The van der Waals surface area contributed by atoms with Crippen LogP contribution < -0.4 is 5.32 Å². The van der Waals surface area contributed by atoms with Crippen molar-refractivity contribution in [3.63, 3.8) is 0 Å². The lowest BCUT2D eigenvalue weighted by atomic mass is 9.77. The Morgan fingerprint density at radius 1 is 1.36 bits per heavy atom. The van der Waals surface area contributed by atoms with Crippen LogP contribution >= 0.6 is 0 Å². The van der Waals surface area contributed by atoms with Gasteiger partial charge in [-0.3, -0.25) is 4.90 Å². The molecule has 2 aliphatic heterocycles. The van der Waals surface area contributed by atoms with Crippen LogP contribution in [0, 0.1) is 0 Å². The van der Waals surface area contributed by atoms with Crippen molar-refractivity contribution in [2.45, 2.75) is 32.8 Å². The van der Waals surface area contributed by atoms with Crippen LogP contribution in [0.15, 0.2) is 35.0 Å². The van der Waals surface area contributed by atoms with E-state index < -0.39 is 18.8 Å². The van der Waals surface area contributed by atoms with E-state index in [1.165, 1.54) is 4.90 Å². The van der Waals surface area contributed by atoms with Gasteiger partial charge in [0.05, 0.1) is 5.70 Å². The number of allylic oxidation sites excluding steroid dienone is 2. The van der Waals surface area contributed by atoms with Gasteiger partial charge in [0, 0.05) is 13.1 Å². The highest BCUT2D eigenvalue weighted by atomic mass is 16.6. The largest absolute Gasteiger partial charge is 0.488 e. The molecule has 7 heteroatoms. The summed E-state index contributed by atoms with van der Waals surface area (Å²) in [6.45, 7) is 7.24. The zero-order valence-electron chi connectivity index (χ0n) is 13.3. The monoisotopic (exact) mass is 306 g/mol. The molecule has 2 aliphatic rings. The first kappa shape index (κ1) is 16.8. The van der Waals surface area contributed by atoms with Crippen LogP contribution in [0.25, 0.3) is 0 Å². The summed E-state index contributed by atoms with van der Waals surface area (Å²) in [7, 11) is -1.55. The Kier molecular flexibility index (Phi) is 5.10. The third-order valence-corrected chi connectivity index (χ3v) is 3.37. The summed E-state index contributed by atoms with van der Waals surface area (Å²) in [5.74, 6) is 0. The molecule has 0 unspecified atom stereocenters. The topological polar surface area (TPSA) is 82.0 Å². The van der Waals surface area contributed by atoms with E-state index in [1.54, 1.807) is 12.2 Å². The smallest absolute Gasteiger partial charge is 0.443 e. The molecule has 0 bridgehead atoms. The Morgan fingerprint density at radius 2 is 2.09 bits per heavy atom. The predicted octanol–water partition coefficient (Wildman–Crippen LogP) is 0.979. The van der Waals surface area contributed by atoms with Crippen molar-refractivity contribution in [1.29, 1.82) is 0 Å². The van der Waals surface area contributed by atoms with E-state index in [4.69, 9.17) is 4.74 Å². The number of amides is 1. The van der Waals surface area contributed by atoms with E-state index in [2.05, 4.69) is 11.4 Å². The molecule has 0 aromatic carbocycles. The highest BCUT2D eigenvalue weighted by molar-refractivity contribution is 6.51. The molecule has 6 nitrogen and oxygen atoms in total. The predicted molar refractivity (Wildman–Crippen MR) is 84.9 cm³/mol. The molecule has 0 aromatic rings. The first-order valence-electron chi connectivity index (χ1n) is 7.46. The normalized spacial score (nSPS) is 19.1. The van der Waals surface area contributed by atoms with Crippen molar-refractivity contribution in [1.82, 2.24) is 10.2 Å². The summed E-state index contributed by atoms with van der Waals surface area (Å²) >= 11 is 0. The van der Waals surface area contributed by atoms with Gasteiger partial charge in [-0.15, -0.1) is 0 Å². The Hall–Kier alpha value is -1.57. The number of nitrogens with zero attached hydrogens (tertiary/aromatic N) is 1. The summed E-state index contributed by atoms with van der Waals surface area (Å²) < 4.78 is 5.44. The maximum absolute atomic E-state index is 12.4. The molecule has 120 valence electrons. The van der Waals surface area contributed by atoms with Crippen molar-refractivity contribution in [2.24, 2.45) is 0 Å². The average Bonchev–Trinajstić information content (AvgIpc) is 2.45. The van der Waals surface area contributed by atoms with Crippen molar-refractivity contribution in [2.75, 3.05) is 19.6 Å². The summed E-state index contributed by atoms with van der Waals surface area (Å²) in [5.41, 5.74) is 1.43. The highest BCUT2D eigenvalue weighted by Gasteiger charge is 2.30. The zero-order chi connectivity index (χ0) is 16.3. The van der Waals surface area contributed by atoms with Gasteiger partial charge in [0.25, 0.3) is 0 Å². The Bertz CT molecular complexity index is 532. The van der Waals surface area contributed by atoms with Crippen LogP contribution in [0.5, 0.6) is 0 Å². The van der Waals surface area contributed by atoms with Crippen molar-refractivity contribution >= 4 is 13.2 Å². The summed E-state index contributed by atoms with van der Waals surface area (Å²) in [6.07, 6.45) is 5.75. The molecule has 3 N–H and O–H groups in total. The SMILES string of the molecule is CC(C)(C)OC(=O)N1CC=C(B(O)O)C=C1C1=CCCNC1. The average molecular weight is 306 g/mol. The van der Waals surface area contributed by atoms with Crippen molar-refractivity contribution in [3.05, 3.63) is 35.0 Å². The number of hydrogen-bond acceptors (Lipinski definition) is 5. The molecule has 22 heavy (non-hydrogen) atoms. The molecule has 0 fully saturated rings. The zero-order valence-corrected chi connectivity index (χ0v) is 13.3. The van der Waals surface area contributed by atoms with Gasteiger partial charge in [-0.25, -0.2) is 4.79 Å². The van der Waals surface area contributed by atoms with E-state index >= 15 is 0 Å². The second-order valence-electron chi connectivity index (χ2n) is 6.39. The molecule has 0 radical (unpaired) electrons. The van der Waals surface area contributed by atoms with Gasteiger partial charge in [0.15, 0.2) is 0 Å². The van der Waals surface area contributed by atoms with Crippen molar-refractivity contribution in [3.8, 4) is 0 Å². The minimum absolute atomic E-state index is 0.255. The molecule has 0 spiro atoms. The lowest BCUT2D eigenvalue weighted by Crippen LogP contribution is -2.40. The molecule has 0 aromatic heterocycles. The van der Waals surface area contributed by atoms with Crippen LogP contribution in [0.2, 0.25) is 0 Å². The fraction of sp³-hybridized carbons (Fsp3) is 0.533.